The van der Waals surface area contributed by atoms with Crippen LogP contribution in [0.25, 0.3) is 0 Å². The number of carboxylic acids is 1. The molecular weight excluding hydrogens is 405 g/mol. The van der Waals surface area contributed by atoms with Gasteiger partial charge in [-0.3, -0.25) is 0 Å². The van der Waals surface area contributed by atoms with E-state index in [9.17, 15) is 28.0 Å². The van der Waals surface area contributed by atoms with Crippen LogP contribution in [0.1, 0.15) is 41.4 Å². The van der Waals surface area contributed by atoms with Crippen LogP contribution in [0.5, 0.6) is 11.5 Å². The molecule has 0 bridgehead atoms. The Kier molecular flexibility index (Phi) is 7.25. The molecule has 0 saturated heterocycles. The summed E-state index contributed by atoms with van der Waals surface area (Å²) in [4.78, 5) is 23.7. The minimum Gasteiger partial charge on any atom is -0.507 e. The SMILES string of the molecule is CCN(CC)c1ccc(C(COc2ccc(C(=O)O)c(O)c2)N=O)cc1C(F)(F)F. The van der Waals surface area contributed by atoms with E-state index in [1.54, 1.807) is 18.7 Å². The summed E-state index contributed by atoms with van der Waals surface area (Å²) < 4.78 is 46.1. The van der Waals surface area contributed by atoms with Crippen LogP contribution in [0.2, 0.25) is 0 Å². The Labute approximate surface area is 170 Å². The molecule has 0 aliphatic heterocycles. The van der Waals surface area contributed by atoms with Gasteiger partial charge in [0.2, 0.25) is 0 Å². The summed E-state index contributed by atoms with van der Waals surface area (Å²) in [6.07, 6.45) is -4.62. The standard InChI is InChI=1S/C20H21F3N2O5/c1-3-25(4-2)17-8-5-12(9-15(17)20(21,22)23)16(24-29)11-30-13-6-7-14(19(27)28)18(26)10-13/h5-10,16,26H,3-4,11H2,1-2H3,(H,27,28). The van der Waals surface area contributed by atoms with Gasteiger partial charge >= 0.3 is 12.1 Å². The Balaban J connectivity index is 2.29. The minimum atomic E-state index is -4.62. The van der Waals surface area contributed by atoms with Crippen LogP contribution in [0, 0.1) is 4.91 Å². The highest BCUT2D eigenvalue weighted by Crippen LogP contribution is 2.38. The number of nitrogens with zero attached hydrogens (tertiary/aromatic N) is 2. The summed E-state index contributed by atoms with van der Waals surface area (Å²) >= 11 is 0. The summed E-state index contributed by atoms with van der Waals surface area (Å²) in [5.74, 6) is -1.83. The predicted octanol–water partition coefficient (Wildman–Crippen LogP) is 4.84. The van der Waals surface area contributed by atoms with E-state index in [4.69, 9.17) is 9.84 Å². The van der Waals surface area contributed by atoms with Crippen LogP contribution in [-0.2, 0) is 6.18 Å². The second kappa shape index (κ2) is 9.47. The molecule has 2 rings (SSSR count). The van der Waals surface area contributed by atoms with Gasteiger partial charge in [0, 0.05) is 24.8 Å². The molecule has 1 atom stereocenters. The van der Waals surface area contributed by atoms with Crippen LogP contribution in [0.15, 0.2) is 41.6 Å². The highest BCUT2D eigenvalue weighted by molar-refractivity contribution is 5.90. The number of carbonyl (C=O) groups is 1. The molecule has 7 nitrogen and oxygen atoms in total. The first-order valence-electron chi connectivity index (χ1n) is 9.10. The van der Waals surface area contributed by atoms with E-state index in [1.807, 2.05) is 0 Å². The van der Waals surface area contributed by atoms with Crippen molar-refractivity contribution >= 4 is 11.7 Å². The molecule has 2 aromatic rings. The highest BCUT2D eigenvalue weighted by atomic mass is 19.4. The third kappa shape index (κ3) is 5.19. The number of anilines is 1. The summed E-state index contributed by atoms with van der Waals surface area (Å²) in [5, 5.41) is 21.4. The van der Waals surface area contributed by atoms with Gasteiger partial charge in [0.1, 0.15) is 23.7 Å². The Bertz CT molecular complexity index is 914. The minimum absolute atomic E-state index is 0.0102. The van der Waals surface area contributed by atoms with Gasteiger partial charge in [-0.15, -0.1) is 0 Å². The number of hydrogen-bond donors (Lipinski definition) is 2. The Hall–Kier alpha value is -3.30. The molecule has 1 unspecified atom stereocenters. The van der Waals surface area contributed by atoms with Crippen molar-refractivity contribution in [3.05, 3.63) is 58.0 Å². The van der Waals surface area contributed by atoms with Crippen molar-refractivity contribution in [3.8, 4) is 11.5 Å². The van der Waals surface area contributed by atoms with Crippen LogP contribution in [0.4, 0.5) is 18.9 Å². The Morgan fingerprint density at radius 2 is 1.83 bits per heavy atom. The number of ether oxygens (including phenoxy) is 1. The van der Waals surface area contributed by atoms with Crippen LogP contribution in [-0.4, -0.2) is 35.9 Å². The molecule has 162 valence electrons. The lowest BCUT2D eigenvalue weighted by atomic mass is 10.0. The summed E-state index contributed by atoms with van der Waals surface area (Å²) in [7, 11) is 0. The number of phenols is 1. The van der Waals surface area contributed by atoms with Crippen molar-refractivity contribution < 1.29 is 32.9 Å². The number of hydrogen-bond acceptors (Lipinski definition) is 6. The number of nitroso groups, excluding NO2 is 1. The zero-order valence-corrected chi connectivity index (χ0v) is 16.3. The van der Waals surface area contributed by atoms with Crippen molar-refractivity contribution in [2.45, 2.75) is 26.1 Å². The molecule has 0 aromatic heterocycles. The lowest BCUT2D eigenvalue weighted by Crippen LogP contribution is -2.25. The fourth-order valence-corrected chi connectivity index (χ4v) is 2.97. The van der Waals surface area contributed by atoms with E-state index < -0.39 is 36.1 Å². The molecule has 2 aromatic carbocycles. The quantitative estimate of drug-likeness (QED) is 0.557. The Morgan fingerprint density at radius 3 is 2.33 bits per heavy atom. The van der Waals surface area contributed by atoms with Crippen LogP contribution in [0.3, 0.4) is 0 Å². The van der Waals surface area contributed by atoms with Gasteiger partial charge in [-0.1, -0.05) is 11.2 Å². The van der Waals surface area contributed by atoms with Gasteiger partial charge in [-0.25, -0.2) is 4.79 Å². The smallest absolute Gasteiger partial charge is 0.418 e. The molecule has 30 heavy (non-hydrogen) atoms. The van der Waals surface area contributed by atoms with E-state index >= 15 is 0 Å². The number of aromatic carboxylic acids is 1. The molecule has 10 heteroatoms. The maximum absolute atomic E-state index is 13.6. The summed E-state index contributed by atoms with van der Waals surface area (Å²) in [6.45, 7) is 3.86. The number of benzene rings is 2. The molecule has 0 aliphatic rings. The first kappa shape index (κ1) is 23.0. The van der Waals surface area contributed by atoms with E-state index in [0.29, 0.717) is 13.1 Å². The van der Waals surface area contributed by atoms with Gasteiger partial charge in [0.05, 0.1) is 5.56 Å². The maximum Gasteiger partial charge on any atom is 0.418 e. The molecule has 2 N–H and O–H groups in total. The second-order valence-corrected chi connectivity index (χ2v) is 6.36. The monoisotopic (exact) mass is 426 g/mol. The first-order chi connectivity index (χ1) is 14.1. The van der Waals surface area contributed by atoms with Gasteiger partial charge in [0.15, 0.2) is 6.04 Å². The molecule has 0 spiro atoms. The largest absolute Gasteiger partial charge is 0.507 e. The topological polar surface area (TPSA) is 99.4 Å². The number of halogens is 3. The lowest BCUT2D eigenvalue weighted by molar-refractivity contribution is -0.137. The molecule has 0 radical (unpaired) electrons. The fourth-order valence-electron chi connectivity index (χ4n) is 2.97. The molecule has 0 saturated carbocycles. The van der Waals surface area contributed by atoms with Crippen molar-refractivity contribution in [2.24, 2.45) is 5.18 Å². The lowest BCUT2D eigenvalue weighted by Gasteiger charge is -2.26. The number of aromatic hydroxyl groups is 1. The van der Waals surface area contributed by atoms with Gasteiger partial charge in [-0.2, -0.15) is 18.1 Å². The van der Waals surface area contributed by atoms with E-state index in [1.165, 1.54) is 18.2 Å². The normalized spacial score (nSPS) is 12.3. The summed E-state index contributed by atoms with van der Waals surface area (Å²) in [6, 6.07) is 5.75. The average Bonchev–Trinajstić information content (AvgIpc) is 2.69. The predicted molar refractivity (Wildman–Crippen MR) is 104 cm³/mol. The van der Waals surface area contributed by atoms with Crippen molar-refractivity contribution in [1.29, 1.82) is 0 Å². The van der Waals surface area contributed by atoms with Gasteiger partial charge < -0.3 is 19.8 Å². The third-order valence-electron chi connectivity index (χ3n) is 4.55. The third-order valence-corrected chi connectivity index (χ3v) is 4.55. The Morgan fingerprint density at radius 1 is 1.17 bits per heavy atom. The van der Waals surface area contributed by atoms with E-state index in [2.05, 4.69) is 5.18 Å². The van der Waals surface area contributed by atoms with Crippen LogP contribution >= 0.6 is 0 Å². The summed E-state index contributed by atoms with van der Waals surface area (Å²) in [5.41, 5.74) is -1.18. The zero-order chi connectivity index (χ0) is 22.5. The van der Waals surface area contributed by atoms with Crippen molar-refractivity contribution in [2.75, 3.05) is 24.6 Å². The second-order valence-electron chi connectivity index (χ2n) is 6.36. The van der Waals surface area contributed by atoms with Crippen LogP contribution < -0.4 is 9.64 Å². The maximum atomic E-state index is 13.6. The first-order valence-corrected chi connectivity index (χ1v) is 9.10. The zero-order valence-electron chi connectivity index (χ0n) is 16.3. The van der Waals surface area contributed by atoms with E-state index in [0.717, 1.165) is 18.2 Å². The number of carboxylic acid groups (broad SMARTS) is 1. The molecule has 0 amide bonds. The van der Waals surface area contributed by atoms with Gasteiger partial charge in [-0.05, 0) is 43.7 Å². The molecule has 0 fully saturated rings. The number of alkyl halides is 3. The highest BCUT2D eigenvalue weighted by Gasteiger charge is 2.35. The molecular formula is C20H21F3N2O5. The van der Waals surface area contributed by atoms with Gasteiger partial charge in [0.25, 0.3) is 0 Å². The van der Waals surface area contributed by atoms with Crippen molar-refractivity contribution in [3.63, 3.8) is 0 Å². The number of rotatable bonds is 9. The average molecular weight is 426 g/mol. The van der Waals surface area contributed by atoms with Crippen molar-refractivity contribution in [1.82, 2.24) is 0 Å². The fraction of sp³-hybridized carbons (Fsp3) is 0.350. The molecule has 0 heterocycles. The molecule has 0 aliphatic carbocycles. The van der Waals surface area contributed by atoms with E-state index in [-0.39, 0.29) is 22.6 Å².